The normalized spacial score (nSPS) is 23.1. The molecule has 1 amide bonds. The largest absolute Gasteiger partial charge is 0.355 e. The summed E-state index contributed by atoms with van der Waals surface area (Å²) in [5, 5.41) is 6.16. The maximum absolute atomic E-state index is 13.4. The molecule has 1 aliphatic rings. The third kappa shape index (κ3) is 4.03. The summed E-state index contributed by atoms with van der Waals surface area (Å²) < 4.78 is 13.4. The zero-order valence-electron chi connectivity index (χ0n) is 11.3. The lowest BCUT2D eigenvalue weighted by molar-refractivity contribution is -0.125. The molecule has 0 aromatic heterocycles. The summed E-state index contributed by atoms with van der Waals surface area (Å²) in [6.07, 6.45) is 1.46. The van der Waals surface area contributed by atoms with Crippen molar-refractivity contribution in [3.8, 4) is 0 Å². The van der Waals surface area contributed by atoms with Crippen molar-refractivity contribution in [1.29, 1.82) is 0 Å². The van der Waals surface area contributed by atoms with Crippen LogP contribution in [0.2, 0.25) is 0 Å². The van der Waals surface area contributed by atoms with Gasteiger partial charge in [0.2, 0.25) is 5.91 Å². The van der Waals surface area contributed by atoms with Gasteiger partial charge in [-0.1, -0.05) is 25.1 Å². The minimum Gasteiger partial charge on any atom is -0.355 e. The predicted octanol–water partition coefficient (Wildman–Crippen LogP) is 1.73. The van der Waals surface area contributed by atoms with E-state index in [1.807, 2.05) is 6.07 Å². The molecule has 19 heavy (non-hydrogen) atoms. The standard InChI is InChI=1S/C15H21FN2O/c1-11-8-13(10-17-9-11)15(19)18-7-6-12-4-2-3-5-14(12)16/h2-5,11,13,17H,6-10H2,1H3,(H,18,19). The molecule has 1 aliphatic heterocycles. The first kappa shape index (κ1) is 14.0. The van der Waals surface area contributed by atoms with Gasteiger partial charge in [-0.05, 0) is 36.9 Å². The van der Waals surface area contributed by atoms with Crippen molar-refractivity contribution in [2.24, 2.45) is 11.8 Å². The Balaban J connectivity index is 1.76. The van der Waals surface area contributed by atoms with Crippen molar-refractivity contribution in [3.05, 3.63) is 35.6 Å². The van der Waals surface area contributed by atoms with E-state index in [1.54, 1.807) is 12.1 Å². The second-order valence-electron chi connectivity index (χ2n) is 5.33. The second kappa shape index (κ2) is 6.66. The van der Waals surface area contributed by atoms with Crippen molar-refractivity contribution < 1.29 is 9.18 Å². The van der Waals surface area contributed by atoms with E-state index in [-0.39, 0.29) is 17.6 Å². The summed E-state index contributed by atoms with van der Waals surface area (Å²) in [5.74, 6) is 0.459. The molecule has 3 nitrogen and oxygen atoms in total. The molecule has 2 N–H and O–H groups in total. The fraction of sp³-hybridized carbons (Fsp3) is 0.533. The number of nitrogens with one attached hydrogen (secondary N) is 2. The summed E-state index contributed by atoms with van der Waals surface area (Å²) in [4.78, 5) is 12.0. The van der Waals surface area contributed by atoms with E-state index in [9.17, 15) is 9.18 Å². The van der Waals surface area contributed by atoms with Crippen molar-refractivity contribution in [1.82, 2.24) is 10.6 Å². The Bertz CT molecular complexity index is 436. The Hall–Kier alpha value is -1.42. The lowest BCUT2D eigenvalue weighted by Crippen LogP contribution is -2.43. The lowest BCUT2D eigenvalue weighted by atomic mass is 9.91. The second-order valence-corrected chi connectivity index (χ2v) is 5.33. The molecule has 0 saturated carbocycles. The molecule has 1 aromatic carbocycles. The summed E-state index contributed by atoms with van der Waals surface area (Å²) >= 11 is 0. The van der Waals surface area contributed by atoms with Crippen LogP contribution in [0.4, 0.5) is 4.39 Å². The number of amides is 1. The van der Waals surface area contributed by atoms with Crippen molar-refractivity contribution in [2.45, 2.75) is 19.8 Å². The van der Waals surface area contributed by atoms with Crippen LogP contribution in [-0.4, -0.2) is 25.5 Å². The van der Waals surface area contributed by atoms with Crippen LogP contribution >= 0.6 is 0 Å². The van der Waals surface area contributed by atoms with Crippen LogP contribution in [0.1, 0.15) is 18.9 Å². The molecule has 0 aliphatic carbocycles. The van der Waals surface area contributed by atoms with Gasteiger partial charge in [0.1, 0.15) is 5.82 Å². The number of piperidine rings is 1. The quantitative estimate of drug-likeness (QED) is 0.869. The minimum absolute atomic E-state index is 0.0457. The highest BCUT2D eigenvalue weighted by Gasteiger charge is 2.24. The van der Waals surface area contributed by atoms with Crippen LogP contribution in [0.25, 0.3) is 0 Å². The molecule has 2 unspecified atom stereocenters. The number of hydrogen-bond donors (Lipinski definition) is 2. The molecule has 2 rings (SSSR count). The SMILES string of the molecule is CC1CNCC(C(=O)NCCc2ccccc2F)C1. The third-order valence-electron chi connectivity index (χ3n) is 3.59. The smallest absolute Gasteiger partial charge is 0.224 e. The number of halogens is 1. The van der Waals surface area contributed by atoms with Crippen LogP contribution in [0.5, 0.6) is 0 Å². The topological polar surface area (TPSA) is 41.1 Å². The highest BCUT2D eigenvalue weighted by atomic mass is 19.1. The minimum atomic E-state index is -0.204. The molecule has 1 aromatic rings. The van der Waals surface area contributed by atoms with E-state index >= 15 is 0 Å². The van der Waals surface area contributed by atoms with Gasteiger partial charge in [0.15, 0.2) is 0 Å². The summed E-state index contributed by atoms with van der Waals surface area (Å²) in [6, 6.07) is 6.69. The molecule has 1 fully saturated rings. The number of benzene rings is 1. The molecule has 4 heteroatoms. The van der Waals surface area contributed by atoms with Crippen molar-refractivity contribution in [2.75, 3.05) is 19.6 Å². The molecule has 0 radical (unpaired) electrons. The van der Waals surface area contributed by atoms with Crippen LogP contribution in [-0.2, 0) is 11.2 Å². The Morgan fingerprint density at radius 2 is 2.21 bits per heavy atom. The van der Waals surface area contributed by atoms with E-state index < -0.39 is 0 Å². The van der Waals surface area contributed by atoms with Crippen LogP contribution in [0, 0.1) is 17.7 Å². The van der Waals surface area contributed by atoms with Crippen LogP contribution in [0.15, 0.2) is 24.3 Å². The van der Waals surface area contributed by atoms with Gasteiger partial charge in [0.05, 0.1) is 5.92 Å². The maximum atomic E-state index is 13.4. The summed E-state index contributed by atoms with van der Waals surface area (Å²) in [6.45, 7) is 4.37. The van der Waals surface area contributed by atoms with Gasteiger partial charge < -0.3 is 10.6 Å². The first-order chi connectivity index (χ1) is 9.16. The Morgan fingerprint density at radius 3 is 2.95 bits per heavy atom. The predicted molar refractivity (Wildman–Crippen MR) is 73.3 cm³/mol. The number of carbonyl (C=O) groups is 1. The molecule has 0 spiro atoms. The van der Waals surface area contributed by atoms with Gasteiger partial charge in [0.25, 0.3) is 0 Å². The molecule has 0 bridgehead atoms. The number of hydrogen-bond acceptors (Lipinski definition) is 2. The lowest BCUT2D eigenvalue weighted by Gasteiger charge is -2.26. The van der Waals surface area contributed by atoms with E-state index in [2.05, 4.69) is 17.6 Å². The van der Waals surface area contributed by atoms with E-state index in [0.717, 1.165) is 19.5 Å². The Labute approximate surface area is 113 Å². The van der Waals surface area contributed by atoms with Gasteiger partial charge in [-0.2, -0.15) is 0 Å². The average Bonchev–Trinajstić information content (AvgIpc) is 2.41. The van der Waals surface area contributed by atoms with E-state index in [4.69, 9.17) is 0 Å². The van der Waals surface area contributed by atoms with Crippen molar-refractivity contribution >= 4 is 5.91 Å². The maximum Gasteiger partial charge on any atom is 0.224 e. The zero-order chi connectivity index (χ0) is 13.7. The molecule has 1 heterocycles. The Morgan fingerprint density at radius 1 is 1.42 bits per heavy atom. The van der Waals surface area contributed by atoms with Gasteiger partial charge in [-0.25, -0.2) is 4.39 Å². The first-order valence-electron chi connectivity index (χ1n) is 6.88. The van der Waals surface area contributed by atoms with Crippen LogP contribution in [0.3, 0.4) is 0 Å². The Kier molecular flexibility index (Phi) is 4.91. The zero-order valence-corrected chi connectivity index (χ0v) is 11.3. The van der Waals surface area contributed by atoms with E-state index in [1.165, 1.54) is 6.07 Å². The molecular weight excluding hydrogens is 243 g/mol. The highest BCUT2D eigenvalue weighted by molar-refractivity contribution is 5.79. The monoisotopic (exact) mass is 264 g/mol. The van der Waals surface area contributed by atoms with Crippen molar-refractivity contribution in [3.63, 3.8) is 0 Å². The molecule has 104 valence electrons. The van der Waals surface area contributed by atoms with Gasteiger partial charge in [0, 0.05) is 13.1 Å². The van der Waals surface area contributed by atoms with Crippen LogP contribution < -0.4 is 10.6 Å². The first-order valence-corrected chi connectivity index (χ1v) is 6.88. The van der Waals surface area contributed by atoms with Gasteiger partial charge in [-0.15, -0.1) is 0 Å². The highest BCUT2D eigenvalue weighted by Crippen LogP contribution is 2.15. The molecule has 1 saturated heterocycles. The van der Waals surface area contributed by atoms with Gasteiger partial charge >= 0.3 is 0 Å². The van der Waals surface area contributed by atoms with Gasteiger partial charge in [-0.3, -0.25) is 4.79 Å². The summed E-state index contributed by atoms with van der Waals surface area (Å²) in [5.41, 5.74) is 0.651. The number of rotatable bonds is 4. The molecular formula is C15H21FN2O. The van der Waals surface area contributed by atoms with E-state index in [0.29, 0.717) is 24.4 Å². The fourth-order valence-corrected chi connectivity index (χ4v) is 2.52. The fourth-order valence-electron chi connectivity index (χ4n) is 2.52. The molecule has 2 atom stereocenters. The summed E-state index contributed by atoms with van der Waals surface area (Å²) in [7, 11) is 0. The number of carbonyl (C=O) groups excluding carboxylic acids is 1. The average molecular weight is 264 g/mol. The third-order valence-corrected chi connectivity index (χ3v) is 3.59.